The number of phenols is 1. The summed E-state index contributed by atoms with van der Waals surface area (Å²) in [7, 11) is 0. The maximum atomic E-state index is 13.5. The number of aromatic hydroxyl groups is 1. The third-order valence-electron chi connectivity index (χ3n) is 5.50. The normalized spacial score (nSPS) is 11.4. The van der Waals surface area contributed by atoms with Crippen LogP contribution in [0.2, 0.25) is 0 Å². The predicted octanol–water partition coefficient (Wildman–Crippen LogP) is 6.23. The first-order valence-corrected chi connectivity index (χ1v) is 9.95. The van der Waals surface area contributed by atoms with Crippen molar-refractivity contribution in [1.82, 2.24) is 4.57 Å². The van der Waals surface area contributed by atoms with E-state index in [1.54, 1.807) is 12.1 Å². The van der Waals surface area contributed by atoms with Crippen molar-refractivity contribution in [3.8, 4) is 5.75 Å². The molecule has 142 valence electrons. The van der Waals surface area contributed by atoms with Crippen molar-refractivity contribution in [3.63, 3.8) is 0 Å². The average molecular weight is 371 g/mol. The third-order valence-corrected chi connectivity index (χ3v) is 5.50. The summed E-state index contributed by atoms with van der Waals surface area (Å²) < 4.78 is 2.11. The van der Waals surface area contributed by atoms with Crippen LogP contribution in [-0.4, -0.2) is 15.5 Å². The fourth-order valence-electron chi connectivity index (χ4n) is 3.97. The molecule has 1 N–H and O–H groups in total. The molecule has 0 bridgehead atoms. The Balaban J connectivity index is 1.85. The molecule has 0 aliphatic carbocycles. The van der Waals surface area contributed by atoms with Crippen molar-refractivity contribution in [2.24, 2.45) is 0 Å². The minimum absolute atomic E-state index is 0.0288. The first kappa shape index (κ1) is 18.3. The smallest absolute Gasteiger partial charge is 0.195 e. The molecule has 0 saturated carbocycles. The number of nitrogens with zero attached hydrogens (tertiary/aromatic N) is 1. The molecule has 3 heteroatoms. The van der Waals surface area contributed by atoms with Gasteiger partial charge in [-0.05, 0) is 41.8 Å². The summed E-state index contributed by atoms with van der Waals surface area (Å²) in [4.78, 5) is 13.5. The van der Waals surface area contributed by atoms with E-state index in [0.29, 0.717) is 5.56 Å². The topological polar surface area (TPSA) is 42.2 Å². The molecule has 3 nitrogen and oxygen atoms in total. The zero-order valence-corrected chi connectivity index (χ0v) is 16.4. The SMILES string of the molecule is CCCCCn1cc(C(=O)c2ccc(C)c3ccccc23)c2ccc(O)cc21. The van der Waals surface area contributed by atoms with Crippen LogP contribution in [-0.2, 0) is 6.54 Å². The number of aromatic nitrogens is 1. The van der Waals surface area contributed by atoms with Crippen LogP contribution in [0.3, 0.4) is 0 Å². The molecule has 0 atom stereocenters. The molecule has 0 radical (unpaired) electrons. The summed E-state index contributed by atoms with van der Waals surface area (Å²) in [6, 6.07) is 17.3. The van der Waals surface area contributed by atoms with Crippen LogP contribution in [0.15, 0.2) is 60.8 Å². The van der Waals surface area contributed by atoms with Crippen LogP contribution >= 0.6 is 0 Å². The Labute approximate surface area is 165 Å². The Morgan fingerprint density at radius 2 is 1.71 bits per heavy atom. The van der Waals surface area contributed by atoms with Crippen molar-refractivity contribution in [1.29, 1.82) is 0 Å². The van der Waals surface area contributed by atoms with E-state index in [4.69, 9.17) is 0 Å². The fourth-order valence-corrected chi connectivity index (χ4v) is 3.97. The number of carbonyl (C=O) groups is 1. The Hall–Kier alpha value is -3.07. The summed E-state index contributed by atoms with van der Waals surface area (Å²) in [5, 5.41) is 13.0. The molecule has 0 aliphatic rings. The van der Waals surface area contributed by atoms with Crippen molar-refractivity contribution in [2.45, 2.75) is 39.7 Å². The van der Waals surface area contributed by atoms with E-state index in [1.165, 1.54) is 5.56 Å². The van der Waals surface area contributed by atoms with E-state index in [1.807, 2.05) is 42.6 Å². The molecule has 4 aromatic rings. The van der Waals surface area contributed by atoms with E-state index >= 15 is 0 Å². The van der Waals surface area contributed by atoms with Gasteiger partial charge in [-0.3, -0.25) is 4.79 Å². The van der Waals surface area contributed by atoms with Crippen LogP contribution in [0.25, 0.3) is 21.7 Å². The minimum Gasteiger partial charge on any atom is -0.508 e. The Kier molecular flexibility index (Phi) is 4.91. The average Bonchev–Trinajstić information content (AvgIpc) is 3.06. The van der Waals surface area contributed by atoms with Gasteiger partial charge in [-0.2, -0.15) is 0 Å². The summed E-state index contributed by atoms with van der Waals surface area (Å²) in [5.41, 5.74) is 3.50. The molecule has 0 amide bonds. The molecular formula is C25H25NO2. The molecule has 28 heavy (non-hydrogen) atoms. The zero-order valence-electron chi connectivity index (χ0n) is 16.4. The summed E-state index contributed by atoms with van der Waals surface area (Å²) in [6.45, 7) is 5.09. The van der Waals surface area contributed by atoms with Gasteiger partial charge in [-0.1, -0.05) is 56.2 Å². The minimum atomic E-state index is 0.0288. The zero-order chi connectivity index (χ0) is 19.7. The standard InChI is InChI=1S/C25H25NO2/c1-3-4-7-14-26-16-23(21-13-11-18(27)15-24(21)26)25(28)22-12-10-17(2)19-8-5-6-9-20(19)22/h5-6,8-13,15-16,27H,3-4,7,14H2,1-2H3. The van der Waals surface area contributed by atoms with Gasteiger partial charge in [0.25, 0.3) is 0 Å². The lowest BCUT2D eigenvalue weighted by Crippen LogP contribution is -2.02. The number of carbonyl (C=O) groups excluding carboxylic acids is 1. The molecule has 0 fully saturated rings. The van der Waals surface area contributed by atoms with Crippen LogP contribution < -0.4 is 0 Å². The van der Waals surface area contributed by atoms with Gasteiger partial charge in [0.15, 0.2) is 5.78 Å². The number of aryl methyl sites for hydroxylation is 2. The predicted molar refractivity (Wildman–Crippen MR) is 115 cm³/mol. The first-order chi connectivity index (χ1) is 13.6. The molecule has 1 heterocycles. The molecule has 0 aliphatic heterocycles. The van der Waals surface area contributed by atoms with E-state index in [2.05, 4.69) is 24.5 Å². The van der Waals surface area contributed by atoms with Gasteiger partial charge in [0, 0.05) is 35.3 Å². The molecular weight excluding hydrogens is 346 g/mol. The van der Waals surface area contributed by atoms with Crippen LogP contribution in [0, 0.1) is 6.92 Å². The molecule has 0 saturated heterocycles. The monoisotopic (exact) mass is 371 g/mol. The van der Waals surface area contributed by atoms with E-state index < -0.39 is 0 Å². The van der Waals surface area contributed by atoms with Crippen LogP contribution in [0.4, 0.5) is 0 Å². The largest absolute Gasteiger partial charge is 0.508 e. The van der Waals surface area contributed by atoms with Crippen LogP contribution in [0.5, 0.6) is 5.75 Å². The van der Waals surface area contributed by atoms with Gasteiger partial charge in [0.2, 0.25) is 0 Å². The second-order valence-electron chi connectivity index (χ2n) is 7.45. The lowest BCUT2D eigenvalue weighted by molar-refractivity contribution is 0.104. The summed E-state index contributed by atoms with van der Waals surface area (Å²) >= 11 is 0. The first-order valence-electron chi connectivity index (χ1n) is 9.95. The van der Waals surface area contributed by atoms with Crippen molar-refractivity contribution in [3.05, 3.63) is 77.5 Å². The number of ketones is 1. The highest BCUT2D eigenvalue weighted by molar-refractivity contribution is 6.21. The lowest BCUT2D eigenvalue weighted by Gasteiger charge is -2.08. The van der Waals surface area contributed by atoms with Crippen molar-refractivity contribution in [2.75, 3.05) is 0 Å². The molecule has 3 aromatic carbocycles. The van der Waals surface area contributed by atoms with Gasteiger partial charge in [-0.25, -0.2) is 0 Å². The number of hydrogen-bond donors (Lipinski definition) is 1. The van der Waals surface area contributed by atoms with Crippen molar-refractivity contribution >= 4 is 27.5 Å². The van der Waals surface area contributed by atoms with E-state index in [9.17, 15) is 9.90 Å². The highest BCUT2D eigenvalue weighted by Gasteiger charge is 2.19. The van der Waals surface area contributed by atoms with E-state index in [0.717, 1.165) is 53.0 Å². The summed E-state index contributed by atoms with van der Waals surface area (Å²) in [6.07, 6.45) is 5.30. The Morgan fingerprint density at radius 3 is 2.50 bits per heavy atom. The maximum Gasteiger partial charge on any atom is 0.195 e. The van der Waals surface area contributed by atoms with Gasteiger partial charge >= 0.3 is 0 Å². The third kappa shape index (κ3) is 3.18. The number of unbranched alkanes of at least 4 members (excludes halogenated alkanes) is 2. The Morgan fingerprint density at radius 1 is 0.929 bits per heavy atom. The molecule has 4 rings (SSSR count). The fraction of sp³-hybridized carbons (Fsp3) is 0.240. The highest BCUT2D eigenvalue weighted by Crippen LogP contribution is 2.30. The quantitative estimate of drug-likeness (QED) is 0.322. The van der Waals surface area contributed by atoms with Gasteiger partial charge in [-0.15, -0.1) is 0 Å². The molecule has 0 unspecified atom stereocenters. The van der Waals surface area contributed by atoms with E-state index in [-0.39, 0.29) is 11.5 Å². The second kappa shape index (κ2) is 7.51. The number of rotatable bonds is 6. The lowest BCUT2D eigenvalue weighted by atomic mass is 9.95. The molecule has 1 aromatic heterocycles. The van der Waals surface area contributed by atoms with Gasteiger partial charge in [0.1, 0.15) is 5.75 Å². The second-order valence-corrected chi connectivity index (χ2v) is 7.45. The maximum absolute atomic E-state index is 13.5. The number of benzene rings is 3. The number of hydrogen-bond acceptors (Lipinski definition) is 2. The Bertz CT molecular complexity index is 1170. The molecule has 0 spiro atoms. The highest BCUT2D eigenvalue weighted by atomic mass is 16.3. The van der Waals surface area contributed by atoms with Crippen LogP contribution in [0.1, 0.15) is 47.7 Å². The van der Waals surface area contributed by atoms with Gasteiger partial charge < -0.3 is 9.67 Å². The summed E-state index contributed by atoms with van der Waals surface area (Å²) in [5.74, 6) is 0.253. The van der Waals surface area contributed by atoms with Gasteiger partial charge in [0.05, 0.1) is 5.52 Å². The number of fused-ring (bicyclic) bond motifs is 2. The number of phenolic OH excluding ortho intramolecular Hbond substituents is 1. The van der Waals surface area contributed by atoms with Crippen molar-refractivity contribution < 1.29 is 9.90 Å².